The van der Waals surface area contributed by atoms with Gasteiger partial charge in [0.25, 0.3) is 5.56 Å². The van der Waals surface area contributed by atoms with E-state index >= 15 is 0 Å². The van der Waals surface area contributed by atoms with Crippen molar-refractivity contribution in [1.29, 1.82) is 0 Å². The molecule has 2 aromatic rings. The summed E-state index contributed by atoms with van der Waals surface area (Å²) in [6, 6.07) is 8.93. The zero-order valence-corrected chi connectivity index (χ0v) is 11.1. The largest absolute Gasteiger partial charge is 0.313 e. The highest BCUT2D eigenvalue weighted by atomic mass is 32.1. The van der Waals surface area contributed by atoms with Gasteiger partial charge in [-0.3, -0.25) is 9.59 Å². The Morgan fingerprint density at radius 3 is 2.78 bits per heavy atom. The predicted octanol–water partition coefficient (Wildman–Crippen LogP) is 2.88. The molecule has 2 rings (SSSR count). The van der Waals surface area contributed by atoms with Crippen molar-refractivity contribution in [2.24, 2.45) is 0 Å². The van der Waals surface area contributed by atoms with Gasteiger partial charge < -0.3 is 4.57 Å². The summed E-state index contributed by atoms with van der Waals surface area (Å²) < 4.78 is 1.71. The molecule has 0 N–H and O–H groups in total. The number of aromatic nitrogens is 1. The number of Topliss-reactive ketones (excluding diaryl/α,β-unsaturated/α-hetero) is 1. The lowest BCUT2D eigenvalue weighted by atomic mass is 10.2. The van der Waals surface area contributed by atoms with Gasteiger partial charge in [-0.05, 0) is 30.9 Å². The quantitative estimate of drug-likeness (QED) is 0.776. The van der Waals surface area contributed by atoms with Crippen molar-refractivity contribution < 1.29 is 4.79 Å². The van der Waals surface area contributed by atoms with Crippen molar-refractivity contribution in [2.75, 3.05) is 0 Å². The average molecular weight is 261 g/mol. The third-order valence-corrected chi connectivity index (χ3v) is 3.76. The molecular weight excluding hydrogens is 246 g/mol. The maximum Gasteiger partial charge on any atom is 0.250 e. The van der Waals surface area contributed by atoms with Crippen LogP contribution in [-0.4, -0.2) is 10.4 Å². The van der Waals surface area contributed by atoms with Gasteiger partial charge in [0.1, 0.15) is 0 Å². The maximum absolute atomic E-state index is 11.8. The molecular formula is C14H15NO2S. The molecule has 0 bridgehead atoms. The predicted molar refractivity (Wildman–Crippen MR) is 73.3 cm³/mol. The summed E-state index contributed by atoms with van der Waals surface area (Å²) in [4.78, 5) is 24.2. The van der Waals surface area contributed by atoms with Crippen LogP contribution in [0.5, 0.6) is 0 Å². The van der Waals surface area contributed by atoms with Crippen molar-refractivity contribution in [2.45, 2.75) is 26.3 Å². The zero-order chi connectivity index (χ0) is 13.0. The molecule has 4 heteroatoms. The van der Waals surface area contributed by atoms with Crippen LogP contribution >= 0.6 is 11.3 Å². The normalized spacial score (nSPS) is 10.5. The highest BCUT2D eigenvalue weighted by molar-refractivity contribution is 7.12. The second-order valence-electron chi connectivity index (χ2n) is 4.16. The van der Waals surface area contributed by atoms with E-state index in [1.807, 2.05) is 30.5 Å². The van der Waals surface area contributed by atoms with Crippen molar-refractivity contribution in [3.05, 3.63) is 56.6 Å². The molecule has 0 atom stereocenters. The summed E-state index contributed by atoms with van der Waals surface area (Å²) in [7, 11) is 0. The number of rotatable bonds is 5. The van der Waals surface area contributed by atoms with Crippen LogP contribution < -0.4 is 5.56 Å². The fourth-order valence-corrected chi connectivity index (χ4v) is 2.56. The monoisotopic (exact) mass is 261 g/mol. The molecule has 0 spiro atoms. The molecule has 3 nitrogen and oxygen atoms in total. The van der Waals surface area contributed by atoms with Crippen molar-refractivity contribution in [3.63, 3.8) is 0 Å². The molecule has 0 saturated carbocycles. The Morgan fingerprint density at radius 1 is 1.28 bits per heavy atom. The van der Waals surface area contributed by atoms with Crippen molar-refractivity contribution in [3.8, 4) is 0 Å². The third kappa shape index (κ3) is 2.96. The molecule has 18 heavy (non-hydrogen) atoms. The molecule has 0 aromatic carbocycles. The van der Waals surface area contributed by atoms with E-state index in [0.717, 1.165) is 10.6 Å². The van der Waals surface area contributed by atoms with Crippen LogP contribution in [0.4, 0.5) is 0 Å². The van der Waals surface area contributed by atoms with E-state index < -0.39 is 0 Å². The summed E-state index contributed by atoms with van der Waals surface area (Å²) in [5, 5.41) is 1.90. The van der Waals surface area contributed by atoms with Crippen LogP contribution in [-0.2, 0) is 6.54 Å². The molecule has 0 aliphatic heterocycles. The molecule has 0 unspecified atom stereocenters. The molecule has 0 amide bonds. The van der Waals surface area contributed by atoms with E-state index in [9.17, 15) is 9.59 Å². The number of pyridine rings is 1. The molecule has 0 aliphatic carbocycles. The van der Waals surface area contributed by atoms with Crippen LogP contribution in [0.2, 0.25) is 0 Å². The molecule has 0 saturated heterocycles. The van der Waals surface area contributed by atoms with Gasteiger partial charge in [-0.2, -0.15) is 0 Å². The number of carbonyl (C=O) groups excluding carboxylic acids is 1. The first kappa shape index (κ1) is 12.8. The van der Waals surface area contributed by atoms with Crippen molar-refractivity contribution >= 4 is 17.1 Å². The first-order valence-corrected chi connectivity index (χ1v) is 6.79. The van der Waals surface area contributed by atoms with Crippen LogP contribution in [0.25, 0.3) is 0 Å². The minimum Gasteiger partial charge on any atom is -0.313 e. The van der Waals surface area contributed by atoms with Gasteiger partial charge in [0.2, 0.25) is 0 Å². The Kier molecular flexibility index (Phi) is 4.10. The van der Waals surface area contributed by atoms with Gasteiger partial charge in [0, 0.05) is 24.7 Å². The average Bonchev–Trinajstić information content (AvgIpc) is 2.86. The van der Waals surface area contributed by atoms with Gasteiger partial charge in [0.15, 0.2) is 5.78 Å². The number of carbonyl (C=O) groups is 1. The summed E-state index contributed by atoms with van der Waals surface area (Å²) in [6.45, 7) is 2.51. The second-order valence-corrected chi connectivity index (χ2v) is 5.11. The lowest BCUT2D eigenvalue weighted by Crippen LogP contribution is -2.21. The molecule has 94 valence electrons. The van der Waals surface area contributed by atoms with E-state index in [-0.39, 0.29) is 11.3 Å². The Hall–Kier alpha value is -1.68. The van der Waals surface area contributed by atoms with Crippen LogP contribution in [0.15, 0.2) is 40.5 Å². The van der Waals surface area contributed by atoms with Gasteiger partial charge >= 0.3 is 0 Å². The zero-order valence-electron chi connectivity index (χ0n) is 10.3. The van der Waals surface area contributed by atoms with Crippen molar-refractivity contribution in [1.82, 2.24) is 4.57 Å². The van der Waals surface area contributed by atoms with Gasteiger partial charge in [-0.15, -0.1) is 11.3 Å². The number of hydrogen-bond acceptors (Lipinski definition) is 3. The summed E-state index contributed by atoms with van der Waals surface area (Å²) in [6.07, 6.45) is 1.18. The first-order valence-electron chi connectivity index (χ1n) is 5.91. The molecule has 2 aromatic heterocycles. The topological polar surface area (TPSA) is 39.1 Å². The summed E-state index contributed by atoms with van der Waals surface area (Å²) in [5.41, 5.74) is 0.935. The smallest absolute Gasteiger partial charge is 0.250 e. The maximum atomic E-state index is 11.8. The number of aryl methyl sites for hydroxylation is 1. The summed E-state index contributed by atoms with van der Waals surface area (Å²) in [5.74, 6) is 0.159. The van der Waals surface area contributed by atoms with Gasteiger partial charge in [0.05, 0.1) is 4.88 Å². The van der Waals surface area contributed by atoms with E-state index in [2.05, 4.69) is 0 Å². The minimum atomic E-state index is -0.00132. The van der Waals surface area contributed by atoms with Crippen LogP contribution in [0.3, 0.4) is 0 Å². The number of ketones is 1. The second kappa shape index (κ2) is 5.78. The Morgan fingerprint density at radius 2 is 2.11 bits per heavy atom. The molecule has 0 fully saturated rings. The number of nitrogens with zero attached hydrogens (tertiary/aromatic N) is 1. The Bertz CT molecular complexity index is 584. The van der Waals surface area contributed by atoms with Crippen LogP contribution in [0.1, 0.15) is 28.2 Å². The Balaban J connectivity index is 1.93. The fourth-order valence-electron chi connectivity index (χ4n) is 1.87. The van der Waals surface area contributed by atoms with Gasteiger partial charge in [-0.1, -0.05) is 12.1 Å². The van der Waals surface area contributed by atoms with E-state index in [1.54, 1.807) is 16.7 Å². The van der Waals surface area contributed by atoms with E-state index in [0.29, 0.717) is 19.4 Å². The fraction of sp³-hybridized carbons (Fsp3) is 0.286. The van der Waals surface area contributed by atoms with Gasteiger partial charge in [-0.25, -0.2) is 0 Å². The minimum absolute atomic E-state index is 0.00132. The molecule has 0 aliphatic rings. The standard InChI is InChI=1S/C14H15NO2S/c1-11-5-2-8-14(17)15(11)9-3-6-12(16)13-7-4-10-18-13/h2,4-5,7-8,10H,3,6,9H2,1H3. The molecule has 0 radical (unpaired) electrons. The van der Waals surface area contributed by atoms with E-state index in [1.165, 1.54) is 11.3 Å². The summed E-state index contributed by atoms with van der Waals surface area (Å²) >= 11 is 1.47. The van der Waals surface area contributed by atoms with E-state index in [4.69, 9.17) is 0 Å². The lowest BCUT2D eigenvalue weighted by molar-refractivity contribution is 0.0982. The first-order chi connectivity index (χ1) is 8.68. The highest BCUT2D eigenvalue weighted by Gasteiger charge is 2.07. The highest BCUT2D eigenvalue weighted by Crippen LogP contribution is 2.12. The Labute approximate surface area is 110 Å². The number of thiophene rings is 1. The SMILES string of the molecule is Cc1cccc(=O)n1CCCC(=O)c1cccs1. The third-order valence-electron chi connectivity index (χ3n) is 2.85. The molecule has 2 heterocycles. The van der Waals surface area contributed by atoms with Crippen LogP contribution in [0, 0.1) is 6.92 Å². The number of hydrogen-bond donors (Lipinski definition) is 0. The lowest BCUT2D eigenvalue weighted by Gasteiger charge is -2.08.